The van der Waals surface area contributed by atoms with Gasteiger partial charge in [-0.25, -0.2) is 9.78 Å². The normalized spacial score (nSPS) is 10.9. The van der Waals surface area contributed by atoms with Gasteiger partial charge in [0.15, 0.2) is 0 Å². The smallest absolute Gasteiger partial charge is 0.332 e. The Morgan fingerprint density at radius 2 is 1.86 bits per heavy atom. The van der Waals surface area contributed by atoms with Crippen molar-refractivity contribution in [1.82, 2.24) is 14.1 Å². The van der Waals surface area contributed by atoms with Crippen LogP contribution in [-0.4, -0.2) is 32.9 Å². The molecule has 0 spiro atoms. The highest BCUT2D eigenvalue weighted by Gasteiger charge is 2.17. The number of carbonyl (C=O) groups excluding carboxylic acids is 1. The number of hydrogen-bond donors (Lipinski definition) is 1. The van der Waals surface area contributed by atoms with Crippen LogP contribution in [0.25, 0.3) is 11.0 Å². The summed E-state index contributed by atoms with van der Waals surface area (Å²) in [5.74, 6) is 0.603. The molecule has 1 aromatic carbocycles. The molecule has 146 valence electrons. The van der Waals surface area contributed by atoms with Crippen LogP contribution in [0.2, 0.25) is 0 Å². The van der Waals surface area contributed by atoms with Crippen molar-refractivity contribution in [3.63, 3.8) is 0 Å². The molecular weight excluding hydrogens is 380 g/mol. The average molecular weight is 400 g/mol. The topological polar surface area (TPSA) is 95.2 Å². The molecule has 1 N–H and O–H groups in total. The van der Waals surface area contributed by atoms with Crippen molar-refractivity contribution in [1.29, 1.82) is 0 Å². The zero-order valence-corrected chi connectivity index (χ0v) is 16.8. The number of methoxy groups -OCH3 is 1. The molecule has 0 aliphatic rings. The Bertz CT molecular complexity index is 1170. The van der Waals surface area contributed by atoms with Gasteiger partial charge in [-0.15, -0.1) is 11.8 Å². The molecule has 0 radical (unpaired) electrons. The van der Waals surface area contributed by atoms with Gasteiger partial charge in [-0.3, -0.25) is 18.7 Å². The second kappa shape index (κ2) is 7.89. The van der Waals surface area contributed by atoms with Crippen LogP contribution in [-0.2, 0) is 18.9 Å². The molecule has 2 aromatic heterocycles. The van der Waals surface area contributed by atoms with Gasteiger partial charge < -0.3 is 10.1 Å². The molecule has 3 rings (SSSR count). The minimum absolute atomic E-state index is 0.109. The van der Waals surface area contributed by atoms with Crippen LogP contribution < -0.4 is 21.3 Å². The van der Waals surface area contributed by atoms with E-state index in [-0.39, 0.29) is 11.7 Å². The maximum Gasteiger partial charge on any atom is 0.332 e. The first-order chi connectivity index (χ1) is 13.3. The maximum absolute atomic E-state index is 12.7. The molecule has 0 aliphatic heterocycles. The summed E-state index contributed by atoms with van der Waals surface area (Å²) in [7, 11) is 4.57. The van der Waals surface area contributed by atoms with E-state index >= 15 is 0 Å². The number of aryl methyl sites for hydroxylation is 2. The van der Waals surface area contributed by atoms with Crippen molar-refractivity contribution in [2.24, 2.45) is 14.1 Å². The van der Waals surface area contributed by atoms with Gasteiger partial charge in [0.1, 0.15) is 11.4 Å². The largest absolute Gasteiger partial charge is 0.497 e. The summed E-state index contributed by atoms with van der Waals surface area (Å²) in [5.41, 5.74) is 0.859. The number of amides is 1. The van der Waals surface area contributed by atoms with E-state index in [9.17, 15) is 14.4 Å². The summed E-state index contributed by atoms with van der Waals surface area (Å²) in [5, 5.41) is 3.15. The maximum atomic E-state index is 12.7. The van der Waals surface area contributed by atoms with Gasteiger partial charge in [-0.05, 0) is 36.8 Å². The van der Waals surface area contributed by atoms with Crippen LogP contribution in [0, 0.1) is 6.92 Å². The summed E-state index contributed by atoms with van der Waals surface area (Å²) in [6.07, 6.45) is 1.60. The number of pyridine rings is 1. The van der Waals surface area contributed by atoms with Gasteiger partial charge in [-0.1, -0.05) is 0 Å². The summed E-state index contributed by atoms with van der Waals surface area (Å²) in [4.78, 5) is 42.0. The van der Waals surface area contributed by atoms with Gasteiger partial charge >= 0.3 is 5.69 Å². The SMILES string of the molecule is COc1ccc(NC(=O)CSc2c(C)cnc3c2c(=O)n(C)c(=O)n3C)cc1. The molecule has 0 aliphatic carbocycles. The second-order valence-corrected chi connectivity index (χ2v) is 7.23. The van der Waals surface area contributed by atoms with E-state index in [1.807, 2.05) is 6.92 Å². The summed E-state index contributed by atoms with van der Waals surface area (Å²) >= 11 is 1.24. The number of fused-ring (bicyclic) bond motifs is 1. The molecule has 3 aromatic rings. The number of rotatable bonds is 5. The first-order valence-corrected chi connectivity index (χ1v) is 9.44. The quantitative estimate of drug-likeness (QED) is 0.655. The Morgan fingerprint density at radius 3 is 2.50 bits per heavy atom. The van der Waals surface area contributed by atoms with Crippen LogP contribution in [0.3, 0.4) is 0 Å². The fraction of sp³-hybridized carbons (Fsp3) is 0.263. The average Bonchev–Trinajstić information content (AvgIpc) is 2.70. The Balaban J connectivity index is 1.87. The molecule has 0 unspecified atom stereocenters. The molecule has 28 heavy (non-hydrogen) atoms. The molecular formula is C19H20N4O4S. The van der Waals surface area contributed by atoms with Crippen LogP contribution in [0.15, 0.2) is 44.9 Å². The van der Waals surface area contributed by atoms with Crippen LogP contribution in [0.1, 0.15) is 5.56 Å². The van der Waals surface area contributed by atoms with Crippen molar-refractivity contribution >= 4 is 34.4 Å². The van der Waals surface area contributed by atoms with Crippen LogP contribution in [0.4, 0.5) is 5.69 Å². The molecule has 0 bridgehead atoms. The predicted molar refractivity (Wildman–Crippen MR) is 109 cm³/mol. The van der Waals surface area contributed by atoms with Gasteiger partial charge in [0.25, 0.3) is 5.56 Å². The summed E-state index contributed by atoms with van der Waals surface area (Å²) < 4.78 is 7.47. The Hall–Kier alpha value is -3.07. The van der Waals surface area contributed by atoms with Gasteiger partial charge in [0.05, 0.1) is 18.2 Å². The van der Waals surface area contributed by atoms with Gasteiger partial charge in [-0.2, -0.15) is 0 Å². The Morgan fingerprint density at radius 1 is 1.18 bits per heavy atom. The third-order valence-corrected chi connectivity index (χ3v) is 5.54. The lowest BCUT2D eigenvalue weighted by molar-refractivity contribution is -0.113. The number of hydrogen-bond acceptors (Lipinski definition) is 6. The standard InChI is InChI=1S/C19H20N4O4S/c1-11-9-20-17-15(18(25)23(3)19(26)22(17)2)16(11)28-10-14(24)21-12-5-7-13(27-4)8-6-12/h5-9H,10H2,1-4H3,(H,21,24). The van der Waals surface area contributed by atoms with Crippen molar-refractivity contribution in [2.75, 3.05) is 18.2 Å². The molecule has 1 amide bonds. The third kappa shape index (κ3) is 3.65. The summed E-state index contributed by atoms with van der Waals surface area (Å²) in [6, 6.07) is 7.01. The first-order valence-electron chi connectivity index (χ1n) is 8.45. The number of thioether (sulfide) groups is 1. The third-order valence-electron chi connectivity index (χ3n) is 4.32. The lowest BCUT2D eigenvalue weighted by Gasteiger charge is -2.12. The highest BCUT2D eigenvalue weighted by Crippen LogP contribution is 2.27. The van der Waals surface area contributed by atoms with E-state index < -0.39 is 11.2 Å². The molecule has 0 fully saturated rings. The number of anilines is 1. The van der Waals surface area contributed by atoms with Crippen molar-refractivity contribution in [3.8, 4) is 5.75 Å². The highest BCUT2D eigenvalue weighted by atomic mass is 32.2. The Labute approximate surface area is 165 Å². The van der Waals surface area contributed by atoms with Crippen molar-refractivity contribution in [2.45, 2.75) is 11.8 Å². The second-order valence-electron chi connectivity index (χ2n) is 6.24. The molecule has 0 saturated heterocycles. The van der Waals surface area contributed by atoms with Crippen LogP contribution in [0.5, 0.6) is 5.75 Å². The van der Waals surface area contributed by atoms with E-state index in [4.69, 9.17) is 4.74 Å². The molecule has 8 nitrogen and oxygen atoms in total. The lowest BCUT2D eigenvalue weighted by Crippen LogP contribution is -2.37. The van der Waals surface area contributed by atoms with Gasteiger partial charge in [0.2, 0.25) is 5.91 Å². The Kier molecular flexibility index (Phi) is 5.55. The molecule has 2 heterocycles. The van der Waals surface area contributed by atoms with E-state index in [1.54, 1.807) is 44.6 Å². The fourth-order valence-electron chi connectivity index (χ4n) is 2.79. The molecule has 0 atom stereocenters. The number of nitrogens with zero attached hydrogens (tertiary/aromatic N) is 3. The van der Waals surface area contributed by atoms with Crippen molar-refractivity contribution in [3.05, 3.63) is 56.9 Å². The molecule has 0 saturated carbocycles. The van der Waals surface area contributed by atoms with E-state index in [0.29, 0.717) is 27.4 Å². The summed E-state index contributed by atoms with van der Waals surface area (Å²) in [6.45, 7) is 1.82. The zero-order chi connectivity index (χ0) is 20.4. The number of aromatic nitrogens is 3. The van der Waals surface area contributed by atoms with E-state index in [1.165, 1.54) is 23.4 Å². The van der Waals surface area contributed by atoms with Gasteiger partial charge in [0, 0.05) is 30.9 Å². The van der Waals surface area contributed by atoms with Crippen molar-refractivity contribution < 1.29 is 9.53 Å². The first kappa shape index (κ1) is 19.7. The predicted octanol–water partition coefficient (Wildman–Crippen LogP) is 1.68. The minimum Gasteiger partial charge on any atom is -0.497 e. The number of ether oxygens (including phenoxy) is 1. The number of nitrogens with one attached hydrogen (secondary N) is 1. The van der Waals surface area contributed by atoms with E-state index in [0.717, 1.165) is 10.1 Å². The monoisotopic (exact) mass is 400 g/mol. The minimum atomic E-state index is -0.443. The molecule has 9 heteroatoms. The zero-order valence-electron chi connectivity index (χ0n) is 16.0. The fourth-order valence-corrected chi connectivity index (χ4v) is 3.74. The van der Waals surface area contributed by atoms with E-state index in [2.05, 4.69) is 10.3 Å². The number of carbonyl (C=O) groups is 1. The number of benzene rings is 1. The van der Waals surface area contributed by atoms with Crippen LogP contribution >= 0.6 is 11.8 Å². The lowest BCUT2D eigenvalue weighted by atomic mass is 10.2. The highest BCUT2D eigenvalue weighted by molar-refractivity contribution is 8.00.